The molecule has 150 valence electrons. The molecule has 9 heteroatoms. The number of methoxy groups -OCH3 is 1. The quantitative estimate of drug-likeness (QED) is 0.718. The van der Waals surface area contributed by atoms with Gasteiger partial charge in [-0.2, -0.15) is 0 Å². The van der Waals surface area contributed by atoms with Gasteiger partial charge in [-0.1, -0.05) is 23.7 Å². The molecular formula is C19H21ClN2O5S. The Bertz CT molecular complexity index is 1010. The van der Waals surface area contributed by atoms with Gasteiger partial charge in [-0.25, -0.2) is 13.2 Å². The number of nitrogens with zero attached hydrogens (tertiary/aromatic N) is 1. The van der Waals surface area contributed by atoms with Crippen LogP contribution in [-0.4, -0.2) is 39.7 Å². The number of benzene rings is 2. The van der Waals surface area contributed by atoms with Crippen LogP contribution in [-0.2, 0) is 19.6 Å². The largest absolute Gasteiger partial charge is 0.465 e. The number of aryl methyl sites for hydroxylation is 1. The number of amides is 1. The second-order valence-electron chi connectivity index (χ2n) is 6.25. The third kappa shape index (κ3) is 5.02. The monoisotopic (exact) mass is 424 g/mol. The van der Waals surface area contributed by atoms with Gasteiger partial charge in [0.05, 0.1) is 35.3 Å². The van der Waals surface area contributed by atoms with E-state index in [-0.39, 0.29) is 16.3 Å². The summed E-state index contributed by atoms with van der Waals surface area (Å²) in [5, 5.41) is 2.78. The van der Waals surface area contributed by atoms with Gasteiger partial charge in [-0.05, 0) is 49.7 Å². The van der Waals surface area contributed by atoms with E-state index in [1.165, 1.54) is 32.2 Å². The molecule has 0 aliphatic carbocycles. The van der Waals surface area contributed by atoms with Gasteiger partial charge in [-0.15, -0.1) is 0 Å². The standard InChI is InChI=1S/C19H21ClN2O5S/c1-12-6-5-7-15(10-12)22(28(4,25)26)13(2)18(23)21-17-11-14(19(24)27-3)8-9-16(17)20/h5-11,13H,1-4H3,(H,21,23)/t13-/m1/s1. The maximum Gasteiger partial charge on any atom is 0.337 e. The van der Waals surface area contributed by atoms with Crippen LogP contribution < -0.4 is 9.62 Å². The second-order valence-corrected chi connectivity index (χ2v) is 8.52. The molecule has 28 heavy (non-hydrogen) atoms. The Balaban J connectivity index is 2.35. The van der Waals surface area contributed by atoms with Crippen molar-refractivity contribution in [3.05, 3.63) is 58.6 Å². The van der Waals surface area contributed by atoms with Crippen LogP contribution in [0.5, 0.6) is 0 Å². The highest BCUT2D eigenvalue weighted by Crippen LogP contribution is 2.26. The Hall–Kier alpha value is -2.58. The smallest absolute Gasteiger partial charge is 0.337 e. The zero-order valence-corrected chi connectivity index (χ0v) is 17.5. The molecule has 0 unspecified atom stereocenters. The lowest BCUT2D eigenvalue weighted by molar-refractivity contribution is -0.116. The molecule has 0 aliphatic heterocycles. The summed E-state index contributed by atoms with van der Waals surface area (Å²) in [4.78, 5) is 24.5. The molecule has 2 aromatic rings. The molecule has 0 aliphatic rings. The average Bonchev–Trinajstić information content (AvgIpc) is 2.61. The highest BCUT2D eigenvalue weighted by atomic mass is 35.5. The van der Waals surface area contributed by atoms with Gasteiger partial charge >= 0.3 is 5.97 Å². The molecule has 1 atom stereocenters. The van der Waals surface area contributed by atoms with Gasteiger partial charge in [0.25, 0.3) is 0 Å². The van der Waals surface area contributed by atoms with Crippen molar-refractivity contribution in [2.75, 3.05) is 23.0 Å². The van der Waals surface area contributed by atoms with E-state index in [4.69, 9.17) is 11.6 Å². The first kappa shape index (κ1) is 21.7. The third-order valence-corrected chi connectivity index (χ3v) is 5.56. The maximum absolute atomic E-state index is 12.8. The number of sulfonamides is 1. The fraction of sp³-hybridized carbons (Fsp3) is 0.263. The summed E-state index contributed by atoms with van der Waals surface area (Å²) in [6.07, 6.45) is 1.03. The second kappa shape index (κ2) is 8.62. The minimum absolute atomic E-state index is 0.180. The van der Waals surface area contributed by atoms with E-state index in [0.29, 0.717) is 5.69 Å². The zero-order chi connectivity index (χ0) is 21.1. The highest BCUT2D eigenvalue weighted by Gasteiger charge is 2.29. The molecule has 2 rings (SSSR count). The Labute approximate surface area is 169 Å². The number of anilines is 2. The number of hydrogen-bond donors (Lipinski definition) is 1. The van der Waals surface area contributed by atoms with Crippen LogP contribution in [0.15, 0.2) is 42.5 Å². The molecule has 0 spiro atoms. The van der Waals surface area contributed by atoms with Gasteiger partial charge < -0.3 is 10.1 Å². The fourth-order valence-electron chi connectivity index (χ4n) is 2.68. The highest BCUT2D eigenvalue weighted by molar-refractivity contribution is 7.92. The number of carbonyl (C=O) groups is 2. The van der Waals surface area contributed by atoms with Crippen molar-refractivity contribution < 1.29 is 22.7 Å². The molecule has 2 aromatic carbocycles. The number of ether oxygens (including phenoxy) is 1. The molecule has 7 nitrogen and oxygen atoms in total. The Kier molecular flexibility index (Phi) is 6.69. The fourth-order valence-corrected chi connectivity index (χ4v) is 4.01. The minimum Gasteiger partial charge on any atom is -0.465 e. The lowest BCUT2D eigenvalue weighted by Gasteiger charge is -2.28. The predicted octanol–water partition coefficient (Wildman–Crippen LogP) is 3.23. The van der Waals surface area contributed by atoms with Crippen LogP contribution in [0.25, 0.3) is 0 Å². The van der Waals surface area contributed by atoms with Gasteiger partial charge in [0.15, 0.2) is 0 Å². The first-order valence-electron chi connectivity index (χ1n) is 8.29. The molecule has 0 fully saturated rings. The summed E-state index contributed by atoms with van der Waals surface area (Å²) in [6.45, 7) is 3.30. The summed E-state index contributed by atoms with van der Waals surface area (Å²) in [6, 6.07) is 10.0. The Morgan fingerprint density at radius 1 is 1.18 bits per heavy atom. The summed E-state index contributed by atoms with van der Waals surface area (Å²) in [5.74, 6) is -1.19. The summed E-state index contributed by atoms with van der Waals surface area (Å²) in [5.41, 5.74) is 1.61. The summed E-state index contributed by atoms with van der Waals surface area (Å²) in [7, 11) is -2.50. The normalized spacial score (nSPS) is 12.2. The van der Waals surface area contributed by atoms with E-state index in [1.54, 1.807) is 18.2 Å². The molecule has 1 N–H and O–H groups in total. The van der Waals surface area contributed by atoms with E-state index in [1.807, 2.05) is 13.0 Å². The number of carbonyl (C=O) groups excluding carboxylic acids is 2. The molecule has 0 aromatic heterocycles. The van der Waals surface area contributed by atoms with Gasteiger partial charge in [0.2, 0.25) is 15.9 Å². The summed E-state index contributed by atoms with van der Waals surface area (Å²) < 4.78 is 30.4. The Morgan fingerprint density at radius 3 is 2.43 bits per heavy atom. The minimum atomic E-state index is -3.74. The number of rotatable bonds is 6. The van der Waals surface area contributed by atoms with E-state index in [2.05, 4.69) is 10.1 Å². The molecule has 1 amide bonds. The number of hydrogen-bond acceptors (Lipinski definition) is 5. The number of halogens is 1. The topological polar surface area (TPSA) is 92.8 Å². The van der Waals surface area contributed by atoms with Crippen molar-refractivity contribution in [2.45, 2.75) is 19.9 Å². The van der Waals surface area contributed by atoms with E-state index < -0.39 is 27.9 Å². The van der Waals surface area contributed by atoms with Crippen molar-refractivity contribution in [2.24, 2.45) is 0 Å². The van der Waals surface area contributed by atoms with Crippen LogP contribution in [0.1, 0.15) is 22.8 Å². The number of esters is 1. The van der Waals surface area contributed by atoms with Gasteiger partial charge in [0.1, 0.15) is 6.04 Å². The molecular weight excluding hydrogens is 404 g/mol. The molecule has 0 heterocycles. The van der Waals surface area contributed by atoms with Crippen molar-refractivity contribution in [1.29, 1.82) is 0 Å². The van der Waals surface area contributed by atoms with Crippen molar-refractivity contribution in [1.82, 2.24) is 0 Å². The van der Waals surface area contributed by atoms with E-state index in [0.717, 1.165) is 16.1 Å². The van der Waals surface area contributed by atoms with Crippen LogP contribution in [0.2, 0.25) is 5.02 Å². The lowest BCUT2D eigenvalue weighted by Crippen LogP contribution is -2.45. The maximum atomic E-state index is 12.8. The zero-order valence-electron chi connectivity index (χ0n) is 15.9. The average molecular weight is 425 g/mol. The molecule has 0 bridgehead atoms. The first-order chi connectivity index (χ1) is 13.0. The van der Waals surface area contributed by atoms with Crippen LogP contribution in [0.3, 0.4) is 0 Å². The third-order valence-electron chi connectivity index (χ3n) is 3.99. The van der Waals surface area contributed by atoms with E-state index >= 15 is 0 Å². The molecule has 0 saturated carbocycles. The summed E-state index contributed by atoms with van der Waals surface area (Å²) >= 11 is 6.10. The lowest BCUT2D eigenvalue weighted by atomic mass is 10.2. The van der Waals surface area contributed by atoms with Crippen molar-refractivity contribution in [3.8, 4) is 0 Å². The molecule has 0 radical (unpaired) electrons. The van der Waals surface area contributed by atoms with Crippen LogP contribution >= 0.6 is 11.6 Å². The molecule has 0 saturated heterocycles. The van der Waals surface area contributed by atoms with Crippen molar-refractivity contribution >= 4 is 44.9 Å². The van der Waals surface area contributed by atoms with Gasteiger partial charge in [-0.3, -0.25) is 9.10 Å². The SMILES string of the molecule is COC(=O)c1ccc(Cl)c(NC(=O)[C@@H](C)N(c2cccc(C)c2)S(C)(=O)=O)c1. The first-order valence-corrected chi connectivity index (χ1v) is 10.5. The van der Waals surface area contributed by atoms with Crippen LogP contribution in [0, 0.1) is 6.92 Å². The van der Waals surface area contributed by atoms with Crippen molar-refractivity contribution in [3.63, 3.8) is 0 Å². The van der Waals surface area contributed by atoms with Crippen LogP contribution in [0.4, 0.5) is 11.4 Å². The van der Waals surface area contributed by atoms with E-state index in [9.17, 15) is 18.0 Å². The predicted molar refractivity (Wildman–Crippen MR) is 109 cm³/mol. The number of nitrogens with one attached hydrogen (secondary N) is 1. The van der Waals surface area contributed by atoms with Gasteiger partial charge in [0, 0.05) is 0 Å². The Morgan fingerprint density at radius 2 is 1.86 bits per heavy atom.